The van der Waals surface area contributed by atoms with Gasteiger partial charge >= 0.3 is 5.97 Å². The van der Waals surface area contributed by atoms with E-state index in [1.54, 1.807) is 12.1 Å². The lowest BCUT2D eigenvalue weighted by Crippen LogP contribution is -2.17. The van der Waals surface area contributed by atoms with Gasteiger partial charge in [-0.25, -0.2) is 9.78 Å². The minimum absolute atomic E-state index is 0.0117. The number of fused-ring (bicyclic) bond motifs is 1. The molecule has 0 aliphatic carbocycles. The summed E-state index contributed by atoms with van der Waals surface area (Å²) in [5.41, 5.74) is 0.923. The van der Waals surface area contributed by atoms with Crippen molar-refractivity contribution in [3.63, 3.8) is 0 Å². The molecule has 1 aliphatic heterocycles. The Kier molecular flexibility index (Phi) is 3.85. The number of esters is 1. The second kappa shape index (κ2) is 6.14. The topological polar surface area (TPSA) is 61.6 Å². The largest absolute Gasteiger partial charge is 0.457 e. The fourth-order valence-electron chi connectivity index (χ4n) is 2.56. The van der Waals surface area contributed by atoms with E-state index in [0.29, 0.717) is 5.76 Å². The summed E-state index contributed by atoms with van der Waals surface area (Å²) in [6.07, 6.45) is 1.96. The summed E-state index contributed by atoms with van der Waals surface area (Å²) in [6.45, 7) is 1.01. The van der Waals surface area contributed by atoms with Gasteiger partial charge in [0, 0.05) is 6.61 Å². The molecule has 0 spiro atoms. The summed E-state index contributed by atoms with van der Waals surface area (Å²) >= 11 is 1.53. The average Bonchev–Trinajstić information content (AvgIpc) is 3.31. The van der Waals surface area contributed by atoms with E-state index in [9.17, 15) is 4.79 Å². The van der Waals surface area contributed by atoms with Crippen LogP contribution in [0.25, 0.3) is 21.0 Å². The molecule has 23 heavy (non-hydrogen) atoms. The highest BCUT2D eigenvalue weighted by Crippen LogP contribution is 2.31. The first-order chi connectivity index (χ1) is 11.3. The maximum atomic E-state index is 12.0. The zero-order valence-electron chi connectivity index (χ0n) is 12.4. The van der Waals surface area contributed by atoms with Crippen LogP contribution in [0, 0.1) is 0 Å². The van der Waals surface area contributed by atoms with Crippen molar-refractivity contribution in [2.45, 2.75) is 18.9 Å². The third kappa shape index (κ3) is 3.00. The van der Waals surface area contributed by atoms with Crippen LogP contribution in [0.4, 0.5) is 0 Å². The van der Waals surface area contributed by atoms with E-state index in [1.807, 2.05) is 24.3 Å². The molecule has 0 saturated carbocycles. The van der Waals surface area contributed by atoms with Gasteiger partial charge in [0.15, 0.2) is 10.8 Å². The molecular formula is C17H15NO4S. The number of carbonyl (C=O) groups excluding carboxylic acids is 1. The summed E-state index contributed by atoms with van der Waals surface area (Å²) < 4.78 is 17.4. The number of hydrogen-bond acceptors (Lipinski definition) is 6. The average molecular weight is 329 g/mol. The molecule has 1 unspecified atom stereocenters. The Labute approximate surface area is 136 Å². The molecule has 0 radical (unpaired) electrons. The molecule has 0 N–H and O–H groups in total. The maximum absolute atomic E-state index is 12.0. The van der Waals surface area contributed by atoms with Crippen LogP contribution in [-0.2, 0) is 9.47 Å². The van der Waals surface area contributed by atoms with Crippen LogP contribution in [0.3, 0.4) is 0 Å². The normalized spacial score (nSPS) is 17.7. The summed E-state index contributed by atoms with van der Waals surface area (Å²) in [6, 6.07) is 11.3. The molecule has 0 amide bonds. The van der Waals surface area contributed by atoms with Crippen LogP contribution in [0.5, 0.6) is 0 Å². The van der Waals surface area contributed by atoms with Crippen LogP contribution in [0.2, 0.25) is 0 Å². The predicted molar refractivity (Wildman–Crippen MR) is 86.6 cm³/mol. The number of rotatable bonds is 4. The van der Waals surface area contributed by atoms with Gasteiger partial charge in [-0.1, -0.05) is 12.1 Å². The molecule has 6 heteroatoms. The lowest BCUT2D eigenvalue weighted by atomic mass is 10.2. The van der Waals surface area contributed by atoms with Crippen molar-refractivity contribution in [2.24, 2.45) is 0 Å². The van der Waals surface area contributed by atoms with Crippen molar-refractivity contribution in [1.29, 1.82) is 0 Å². The lowest BCUT2D eigenvalue weighted by molar-refractivity contribution is 0.0137. The number of benzene rings is 1. The Balaban J connectivity index is 1.48. The Hall–Kier alpha value is -2.18. The molecule has 2 aromatic heterocycles. The van der Waals surface area contributed by atoms with Gasteiger partial charge in [-0.15, -0.1) is 11.3 Å². The second-order valence-electron chi connectivity index (χ2n) is 5.38. The number of thiazole rings is 1. The molecule has 1 saturated heterocycles. The zero-order chi connectivity index (χ0) is 15.6. The van der Waals surface area contributed by atoms with Gasteiger partial charge in [0.05, 0.1) is 16.3 Å². The minimum atomic E-state index is -0.465. The van der Waals surface area contributed by atoms with E-state index >= 15 is 0 Å². The van der Waals surface area contributed by atoms with Crippen LogP contribution in [0.1, 0.15) is 23.4 Å². The predicted octanol–water partition coefficient (Wildman–Crippen LogP) is 3.89. The highest BCUT2D eigenvalue weighted by atomic mass is 32.1. The van der Waals surface area contributed by atoms with E-state index in [0.717, 1.165) is 34.7 Å². The van der Waals surface area contributed by atoms with Crippen molar-refractivity contribution in [3.8, 4) is 10.8 Å². The van der Waals surface area contributed by atoms with Crippen LogP contribution in [-0.4, -0.2) is 30.3 Å². The van der Waals surface area contributed by atoms with Crippen LogP contribution >= 0.6 is 11.3 Å². The molecule has 118 valence electrons. The SMILES string of the molecule is O=C(OCC1CCCO1)c1ccc(-c2nc3ccccc3s2)o1. The molecule has 1 aromatic carbocycles. The van der Waals surface area contributed by atoms with Crippen LogP contribution < -0.4 is 0 Å². The van der Waals surface area contributed by atoms with Gasteiger partial charge in [-0.2, -0.15) is 0 Å². The van der Waals surface area contributed by atoms with E-state index in [4.69, 9.17) is 13.9 Å². The highest BCUT2D eigenvalue weighted by Gasteiger charge is 2.20. The van der Waals surface area contributed by atoms with Crippen molar-refractivity contribution >= 4 is 27.5 Å². The van der Waals surface area contributed by atoms with Crippen molar-refractivity contribution in [2.75, 3.05) is 13.2 Å². The molecule has 3 heterocycles. The number of aromatic nitrogens is 1. The van der Waals surface area contributed by atoms with Gasteiger partial charge in [-0.3, -0.25) is 0 Å². The van der Waals surface area contributed by atoms with Gasteiger partial charge in [0.25, 0.3) is 0 Å². The first-order valence-electron chi connectivity index (χ1n) is 7.54. The van der Waals surface area contributed by atoms with Gasteiger partial charge in [0.2, 0.25) is 5.76 Å². The lowest BCUT2D eigenvalue weighted by Gasteiger charge is -2.08. The van der Waals surface area contributed by atoms with Gasteiger partial charge < -0.3 is 13.9 Å². The minimum Gasteiger partial charge on any atom is -0.457 e. The maximum Gasteiger partial charge on any atom is 0.374 e. The van der Waals surface area contributed by atoms with E-state index in [2.05, 4.69) is 4.98 Å². The fourth-order valence-corrected chi connectivity index (χ4v) is 3.48. The summed E-state index contributed by atoms with van der Waals surface area (Å²) in [5, 5.41) is 0.754. The van der Waals surface area contributed by atoms with Crippen molar-refractivity contribution in [1.82, 2.24) is 4.98 Å². The second-order valence-corrected chi connectivity index (χ2v) is 6.41. The van der Waals surface area contributed by atoms with Crippen molar-refractivity contribution in [3.05, 3.63) is 42.2 Å². The number of furan rings is 1. The van der Waals surface area contributed by atoms with E-state index in [1.165, 1.54) is 11.3 Å². The molecular weight excluding hydrogens is 314 g/mol. The van der Waals surface area contributed by atoms with E-state index in [-0.39, 0.29) is 18.5 Å². The smallest absolute Gasteiger partial charge is 0.374 e. The van der Waals surface area contributed by atoms with Crippen molar-refractivity contribution < 1.29 is 18.7 Å². The Bertz CT molecular complexity index is 799. The molecule has 0 bridgehead atoms. The fraction of sp³-hybridized carbons (Fsp3) is 0.294. The zero-order valence-corrected chi connectivity index (χ0v) is 13.2. The molecule has 4 rings (SSSR count). The number of nitrogens with zero attached hydrogens (tertiary/aromatic N) is 1. The van der Waals surface area contributed by atoms with Gasteiger partial charge in [0.1, 0.15) is 6.61 Å². The third-order valence-electron chi connectivity index (χ3n) is 3.74. The quantitative estimate of drug-likeness (QED) is 0.680. The summed E-state index contributed by atoms with van der Waals surface area (Å²) in [7, 11) is 0. The number of ether oxygens (including phenoxy) is 2. The number of hydrogen-bond donors (Lipinski definition) is 0. The Morgan fingerprint density at radius 3 is 3.04 bits per heavy atom. The van der Waals surface area contributed by atoms with E-state index < -0.39 is 5.97 Å². The highest BCUT2D eigenvalue weighted by molar-refractivity contribution is 7.21. The monoisotopic (exact) mass is 329 g/mol. The molecule has 1 aliphatic rings. The molecule has 1 fully saturated rings. The molecule has 1 atom stereocenters. The summed E-state index contributed by atoms with van der Waals surface area (Å²) in [4.78, 5) is 16.5. The first kappa shape index (κ1) is 14.4. The third-order valence-corrected chi connectivity index (χ3v) is 4.79. The Morgan fingerprint density at radius 1 is 1.30 bits per heavy atom. The molecule has 3 aromatic rings. The number of para-hydroxylation sites is 1. The number of carbonyl (C=O) groups is 1. The summed E-state index contributed by atoms with van der Waals surface area (Å²) in [5.74, 6) is 0.306. The molecule has 5 nitrogen and oxygen atoms in total. The standard InChI is InChI=1S/C17H15NO4S/c19-17(21-10-11-4-3-9-20-11)14-8-7-13(22-14)16-18-12-5-1-2-6-15(12)23-16/h1-2,5-8,11H,3-4,9-10H2. The van der Waals surface area contributed by atoms with Gasteiger partial charge in [-0.05, 0) is 37.1 Å². The van der Waals surface area contributed by atoms with Crippen LogP contribution in [0.15, 0.2) is 40.8 Å². The first-order valence-corrected chi connectivity index (χ1v) is 8.36. The Morgan fingerprint density at radius 2 is 2.22 bits per heavy atom.